The molecule has 252 valence electrons. The zero-order valence-corrected chi connectivity index (χ0v) is 28.9. The van der Waals surface area contributed by atoms with Crippen molar-refractivity contribution < 1.29 is 8.83 Å². The van der Waals surface area contributed by atoms with Gasteiger partial charge in [-0.3, -0.25) is 0 Å². The first-order chi connectivity index (χ1) is 26.7. The fourth-order valence-corrected chi connectivity index (χ4v) is 7.81. The van der Waals surface area contributed by atoms with Gasteiger partial charge >= 0.3 is 0 Å². The molecule has 0 spiro atoms. The van der Waals surface area contributed by atoms with Crippen LogP contribution in [0.2, 0.25) is 0 Å². The second kappa shape index (κ2) is 12.1. The van der Waals surface area contributed by atoms with Crippen LogP contribution >= 0.6 is 0 Å². The van der Waals surface area contributed by atoms with E-state index in [9.17, 15) is 0 Å². The molecule has 0 aliphatic rings. The van der Waals surface area contributed by atoms with Crippen molar-refractivity contribution in [3.05, 3.63) is 176 Å². The van der Waals surface area contributed by atoms with Gasteiger partial charge in [0.05, 0.1) is 0 Å². The van der Waals surface area contributed by atoms with Gasteiger partial charge in [0.2, 0.25) is 0 Å². The van der Waals surface area contributed by atoms with Crippen molar-refractivity contribution in [3.8, 4) is 56.4 Å². The maximum absolute atomic E-state index is 6.50. The van der Waals surface area contributed by atoms with Crippen LogP contribution in [0.3, 0.4) is 0 Å². The number of furan rings is 2. The van der Waals surface area contributed by atoms with Crippen LogP contribution in [-0.4, -0.2) is 15.0 Å². The molecule has 0 saturated heterocycles. The van der Waals surface area contributed by atoms with E-state index in [-0.39, 0.29) is 0 Å². The molecule has 0 radical (unpaired) electrons. The molecule has 0 saturated carbocycles. The average molecular weight is 692 g/mol. The number of aromatic nitrogens is 3. The summed E-state index contributed by atoms with van der Waals surface area (Å²) < 4.78 is 13.0. The molecule has 54 heavy (non-hydrogen) atoms. The zero-order valence-electron chi connectivity index (χ0n) is 28.9. The average Bonchev–Trinajstić information content (AvgIpc) is 3.81. The lowest BCUT2D eigenvalue weighted by molar-refractivity contribution is 0.669. The number of rotatable bonds is 5. The molecular weight excluding hydrogens is 663 g/mol. The summed E-state index contributed by atoms with van der Waals surface area (Å²) in [6.07, 6.45) is 0. The topological polar surface area (TPSA) is 65.0 Å². The second-order valence-electron chi connectivity index (χ2n) is 13.6. The Balaban J connectivity index is 1.19. The Hall–Kier alpha value is -7.37. The third-order valence-corrected chi connectivity index (χ3v) is 10.3. The van der Waals surface area contributed by atoms with Gasteiger partial charge in [0.1, 0.15) is 22.3 Å². The van der Waals surface area contributed by atoms with E-state index >= 15 is 0 Å². The number of hydrogen-bond donors (Lipinski definition) is 0. The molecule has 0 fully saturated rings. The molecule has 0 N–H and O–H groups in total. The Morgan fingerprint density at radius 3 is 1.69 bits per heavy atom. The highest BCUT2D eigenvalue weighted by atomic mass is 16.3. The van der Waals surface area contributed by atoms with Gasteiger partial charge in [-0.1, -0.05) is 140 Å². The quantitative estimate of drug-likeness (QED) is 0.180. The summed E-state index contributed by atoms with van der Waals surface area (Å²) in [5.41, 5.74) is 10.1. The van der Waals surface area contributed by atoms with Gasteiger partial charge in [0, 0.05) is 38.2 Å². The van der Waals surface area contributed by atoms with Crippen LogP contribution in [0.15, 0.2) is 185 Å². The van der Waals surface area contributed by atoms with Gasteiger partial charge in [-0.05, 0) is 69.4 Å². The zero-order chi connectivity index (χ0) is 35.6. The summed E-state index contributed by atoms with van der Waals surface area (Å²) in [6.45, 7) is 0. The van der Waals surface area contributed by atoms with Crippen LogP contribution in [-0.2, 0) is 0 Å². The summed E-state index contributed by atoms with van der Waals surface area (Å²) >= 11 is 0. The molecule has 0 amide bonds. The van der Waals surface area contributed by atoms with Crippen molar-refractivity contribution >= 4 is 54.6 Å². The summed E-state index contributed by atoms with van der Waals surface area (Å²) in [4.78, 5) is 15.7. The Morgan fingerprint density at radius 1 is 0.296 bits per heavy atom. The molecule has 11 rings (SSSR count). The highest BCUT2D eigenvalue weighted by molar-refractivity contribution is 6.17. The van der Waals surface area contributed by atoms with Crippen molar-refractivity contribution in [1.82, 2.24) is 15.0 Å². The molecule has 5 heteroatoms. The van der Waals surface area contributed by atoms with Gasteiger partial charge < -0.3 is 8.83 Å². The Morgan fingerprint density at radius 2 is 0.870 bits per heavy atom. The standard InChI is InChI=1S/C49H29N3O2/c1-3-14-30(15-4-1)34-27-40(46-38-22-11-12-24-41(38)53-44(46)29-34)49-51-47(31-16-5-2-6-17-31)50-48(52-49)37-21-10-9-20-35(37)36-23-13-25-42-45(36)39-26-32-18-7-8-19-33(32)28-43(39)54-42/h1-29H. The van der Waals surface area contributed by atoms with E-state index < -0.39 is 0 Å². The van der Waals surface area contributed by atoms with Crippen molar-refractivity contribution in [3.63, 3.8) is 0 Å². The molecule has 8 aromatic carbocycles. The molecule has 11 aromatic rings. The normalized spacial score (nSPS) is 11.7. The van der Waals surface area contributed by atoms with Gasteiger partial charge in [-0.2, -0.15) is 0 Å². The van der Waals surface area contributed by atoms with E-state index in [4.69, 9.17) is 23.8 Å². The van der Waals surface area contributed by atoms with E-state index in [2.05, 4.69) is 109 Å². The molecule has 0 bridgehead atoms. The monoisotopic (exact) mass is 691 g/mol. The molecule has 3 aromatic heterocycles. The van der Waals surface area contributed by atoms with Crippen LogP contribution in [0.5, 0.6) is 0 Å². The first kappa shape index (κ1) is 30.3. The molecule has 0 aliphatic heterocycles. The Bertz CT molecular complexity index is 3220. The first-order valence-electron chi connectivity index (χ1n) is 18.0. The highest BCUT2D eigenvalue weighted by Gasteiger charge is 2.22. The van der Waals surface area contributed by atoms with Crippen molar-refractivity contribution in [1.29, 1.82) is 0 Å². The molecule has 0 atom stereocenters. The molecule has 3 heterocycles. The first-order valence-corrected chi connectivity index (χ1v) is 18.0. The third-order valence-electron chi connectivity index (χ3n) is 10.3. The summed E-state index contributed by atoms with van der Waals surface area (Å²) in [5, 5.41) is 6.43. The van der Waals surface area contributed by atoms with E-state index in [1.54, 1.807) is 0 Å². The molecule has 5 nitrogen and oxygen atoms in total. The van der Waals surface area contributed by atoms with Crippen molar-refractivity contribution in [2.45, 2.75) is 0 Å². The van der Waals surface area contributed by atoms with Gasteiger partial charge in [0.25, 0.3) is 0 Å². The number of para-hydroxylation sites is 1. The molecule has 0 aliphatic carbocycles. The number of nitrogens with zero attached hydrogens (tertiary/aromatic N) is 3. The van der Waals surface area contributed by atoms with E-state index in [1.807, 2.05) is 66.7 Å². The Kier molecular flexibility index (Phi) is 6.79. The minimum absolute atomic E-state index is 0.571. The fourth-order valence-electron chi connectivity index (χ4n) is 7.81. The summed E-state index contributed by atoms with van der Waals surface area (Å²) in [5.74, 6) is 1.74. The SMILES string of the molecule is c1ccc(-c2cc(-c3nc(-c4ccccc4)nc(-c4ccccc4-c4cccc5oc6cc7ccccc7cc6c45)n3)c3c(c2)oc2ccccc23)cc1. The third kappa shape index (κ3) is 4.90. The van der Waals surface area contributed by atoms with Crippen molar-refractivity contribution in [2.75, 3.05) is 0 Å². The maximum atomic E-state index is 6.50. The van der Waals surface area contributed by atoms with E-state index in [0.717, 1.165) is 88.2 Å². The van der Waals surface area contributed by atoms with Crippen molar-refractivity contribution in [2.24, 2.45) is 0 Å². The predicted octanol–water partition coefficient (Wildman–Crippen LogP) is 13.2. The largest absolute Gasteiger partial charge is 0.456 e. The number of fused-ring (bicyclic) bond motifs is 7. The lowest BCUT2D eigenvalue weighted by atomic mass is 9.94. The molecular formula is C49H29N3O2. The van der Waals surface area contributed by atoms with E-state index in [1.165, 1.54) is 5.39 Å². The highest BCUT2D eigenvalue weighted by Crippen LogP contribution is 2.43. The predicted molar refractivity (Wildman–Crippen MR) is 219 cm³/mol. The molecule has 0 unspecified atom stereocenters. The summed E-state index contributed by atoms with van der Waals surface area (Å²) in [6, 6.07) is 60.3. The van der Waals surface area contributed by atoms with Gasteiger partial charge in [0.15, 0.2) is 17.5 Å². The van der Waals surface area contributed by atoms with Crippen LogP contribution < -0.4 is 0 Å². The Labute approximate surface area is 309 Å². The lowest BCUT2D eigenvalue weighted by Crippen LogP contribution is -2.01. The lowest BCUT2D eigenvalue weighted by Gasteiger charge is -2.14. The fraction of sp³-hybridized carbons (Fsp3) is 0. The number of benzene rings is 8. The van der Waals surface area contributed by atoms with Crippen LogP contribution in [0.4, 0.5) is 0 Å². The second-order valence-corrected chi connectivity index (χ2v) is 13.6. The van der Waals surface area contributed by atoms with E-state index in [0.29, 0.717) is 17.5 Å². The van der Waals surface area contributed by atoms with Crippen LogP contribution in [0.1, 0.15) is 0 Å². The smallest absolute Gasteiger partial charge is 0.164 e. The summed E-state index contributed by atoms with van der Waals surface area (Å²) in [7, 11) is 0. The number of hydrogen-bond acceptors (Lipinski definition) is 5. The van der Waals surface area contributed by atoms with Crippen LogP contribution in [0, 0.1) is 0 Å². The minimum Gasteiger partial charge on any atom is -0.456 e. The minimum atomic E-state index is 0.571. The maximum Gasteiger partial charge on any atom is 0.164 e. The van der Waals surface area contributed by atoms with Crippen LogP contribution in [0.25, 0.3) is 111 Å². The van der Waals surface area contributed by atoms with Gasteiger partial charge in [-0.25, -0.2) is 15.0 Å². The van der Waals surface area contributed by atoms with Gasteiger partial charge in [-0.15, -0.1) is 0 Å².